The van der Waals surface area contributed by atoms with E-state index in [2.05, 4.69) is 43.3 Å². The lowest BCUT2D eigenvalue weighted by Gasteiger charge is -2.21. The van der Waals surface area contributed by atoms with Crippen molar-refractivity contribution >= 4 is 10.8 Å². The van der Waals surface area contributed by atoms with E-state index >= 15 is 0 Å². The molecule has 0 radical (unpaired) electrons. The molecule has 0 spiro atoms. The lowest BCUT2D eigenvalue weighted by molar-refractivity contribution is 0.198. The third-order valence-corrected chi connectivity index (χ3v) is 5.28. The third-order valence-electron chi connectivity index (χ3n) is 5.28. The monoisotopic (exact) mass is 327 g/mol. The Kier molecular flexibility index (Phi) is 5.42. The van der Waals surface area contributed by atoms with E-state index in [0.717, 1.165) is 38.0 Å². The number of ether oxygens (including phenoxy) is 1. The van der Waals surface area contributed by atoms with Gasteiger partial charge in [-0.1, -0.05) is 44.0 Å². The van der Waals surface area contributed by atoms with Crippen molar-refractivity contribution in [3.8, 4) is 5.75 Å². The van der Waals surface area contributed by atoms with E-state index in [1.807, 2.05) is 0 Å². The molecule has 1 fully saturated rings. The maximum Gasteiger partial charge on any atom is 0.119 e. The summed E-state index contributed by atoms with van der Waals surface area (Å²) >= 11 is 0. The Labute approximate surface area is 144 Å². The first-order valence-electron chi connectivity index (χ1n) is 9.20. The van der Waals surface area contributed by atoms with Crippen molar-refractivity contribution in [3.05, 3.63) is 42.0 Å². The van der Waals surface area contributed by atoms with E-state index in [-0.39, 0.29) is 6.61 Å². The molecule has 3 nitrogen and oxygen atoms in total. The fourth-order valence-electron chi connectivity index (χ4n) is 3.71. The highest BCUT2D eigenvalue weighted by molar-refractivity contribution is 5.84. The van der Waals surface area contributed by atoms with Gasteiger partial charge < -0.3 is 15.6 Å². The molecule has 2 aromatic rings. The van der Waals surface area contributed by atoms with Gasteiger partial charge in [0.25, 0.3) is 0 Å². The van der Waals surface area contributed by atoms with Gasteiger partial charge in [0.1, 0.15) is 5.75 Å². The number of rotatable bonds is 7. The fourth-order valence-corrected chi connectivity index (χ4v) is 3.71. The number of aliphatic hydroxyl groups is 1. The van der Waals surface area contributed by atoms with Gasteiger partial charge in [-0.05, 0) is 60.1 Å². The summed E-state index contributed by atoms with van der Waals surface area (Å²) in [6.07, 6.45) is 6.37. The molecule has 1 saturated carbocycles. The zero-order chi connectivity index (χ0) is 17.0. The highest BCUT2D eigenvalue weighted by Crippen LogP contribution is 2.40. The Hall–Kier alpha value is -1.58. The second kappa shape index (κ2) is 7.54. The normalized spacial score (nSPS) is 23.7. The van der Waals surface area contributed by atoms with Crippen LogP contribution >= 0.6 is 0 Å². The van der Waals surface area contributed by atoms with Crippen LogP contribution in [0, 0.1) is 0 Å². The molecule has 3 N–H and O–H groups in total. The van der Waals surface area contributed by atoms with Crippen molar-refractivity contribution < 1.29 is 9.84 Å². The highest BCUT2D eigenvalue weighted by atomic mass is 16.5. The minimum Gasteiger partial charge on any atom is -0.494 e. The number of aliphatic hydroxyl groups excluding tert-OH is 1. The molecule has 2 aromatic carbocycles. The van der Waals surface area contributed by atoms with Crippen LogP contribution in [-0.2, 0) is 0 Å². The predicted octanol–water partition coefficient (Wildman–Crippen LogP) is 4.37. The van der Waals surface area contributed by atoms with Crippen molar-refractivity contribution in [2.24, 2.45) is 5.73 Å². The first-order chi connectivity index (χ1) is 11.6. The summed E-state index contributed by atoms with van der Waals surface area (Å²) in [6, 6.07) is 13.0. The Morgan fingerprint density at radius 3 is 2.71 bits per heavy atom. The molecule has 24 heavy (non-hydrogen) atoms. The topological polar surface area (TPSA) is 55.5 Å². The highest BCUT2D eigenvalue weighted by Gasteiger charge is 2.35. The van der Waals surface area contributed by atoms with Gasteiger partial charge in [-0.3, -0.25) is 0 Å². The van der Waals surface area contributed by atoms with Crippen LogP contribution in [0.3, 0.4) is 0 Å². The van der Waals surface area contributed by atoms with Crippen LogP contribution < -0.4 is 10.5 Å². The smallest absolute Gasteiger partial charge is 0.119 e. The molecule has 0 aliphatic heterocycles. The molecule has 0 bridgehead atoms. The average Bonchev–Trinajstić information content (AvgIpc) is 3.01. The van der Waals surface area contributed by atoms with Gasteiger partial charge in [0.15, 0.2) is 0 Å². The Morgan fingerprint density at radius 2 is 1.96 bits per heavy atom. The molecule has 0 unspecified atom stereocenters. The van der Waals surface area contributed by atoms with Gasteiger partial charge in [-0.25, -0.2) is 0 Å². The van der Waals surface area contributed by atoms with E-state index < -0.39 is 5.54 Å². The summed E-state index contributed by atoms with van der Waals surface area (Å²) < 4.78 is 5.84. The van der Waals surface area contributed by atoms with Gasteiger partial charge in [0.2, 0.25) is 0 Å². The molecule has 1 aliphatic carbocycles. The number of benzene rings is 2. The summed E-state index contributed by atoms with van der Waals surface area (Å²) in [6.45, 7) is 3.07. The fraction of sp³-hybridized carbons (Fsp3) is 0.524. The summed E-state index contributed by atoms with van der Waals surface area (Å²) in [4.78, 5) is 0. The van der Waals surface area contributed by atoms with Crippen molar-refractivity contribution in [1.82, 2.24) is 0 Å². The molecule has 3 heteroatoms. The Bertz CT molecular complexity index is 685. The van der Waals surface area contributed by atoms with Gasteiger partial charge in [-0.15, -0.1) is 0 Å². The van der Waals surface area contributed by atoms with Crippen molar-refractivity contribution in [3.63, 3.8) is 0 Å². The number of hydrogen-bond donors (Lipinski definition) is 2. The molecular formula is C21H29NO2. The Morgan fingerprint density at radius 1 is 1.17 bits per heavy atom. The number of fused-ring (bicyclic) bond motifs is 1. The third kappa shape index (κ3) is 3.90. The van der Waals surface area contributed by atoms with Crippen LogP contribution in [0.2, 0.25) is 0 Å². The van der Waals surface area contributed by atoms with Crippen LogP contribution in [-0.4, -0.2) is 23.9 Å². The zero-order valence-electron chi connectivity index (χ0n) is 14.6. The molecule has 0 amide bonds. The minimum absolute atomic E-state index is 0.0792. The molecule has 0 heterocycles. The van der Waals surface area contributed by atoms with E-state index in [1.54, 1.807) is 0 Å². The zero-order valence-corrected chi connectivity index (χ0v) is 14.6. The van der Waals surface area contributed by atoms with E-state index in [1.165, 1.54) is 29.2 Å². The van der Waals surface area contributed by atoms with Gasteiger partial charge >= 0.3 is 0 Å². The van der Waals surface area contributed by atoms with Crippen molar-refractivity contribution in [2.45, 2.75) is 56.9 Å². The number of hydrogen-bond acceptors (Lipinski definition) is 3. The van der Waals surface area contributed by atoms with E-state index in [4.69, 9.17) is 10.5 Å². The van der Waals surface area contributed by atoms with Crippen molar-refractivity contribution in [1.29, 1.82) is 0 Å². The molecule has 0 aromatic heterocycles. The van der Waals surface area contributed by atoms with E-state index in [0.29, 0.717) is 5.92 Å². The number of nitrogens with two attached hydrogens (primary N) is 1. The predicted molar refractivity (Wildman–Crippen MR) is 99.6 cm³/mol. The lowest BCUT2D eigenvalue weighted by Crippen LogP contribution is -2.40. The summed E-state index contributed by atoms with van der Waals surface area (Å²) in [7, 11) is 0. The van der Waals surface area contributed by atoms with Crippen LogP contribution in [0.4, 0.5) is 0 Å². The molecular weight excluding hydrogens is 298 g/mol. The maximum absolute atomic E-state index is 9.46. The first-order valence-corrected chi connectivity index (χ1v) is 9.20. The van der Waals surface area contributed by atoms with Gasteiger partial charge in [0, 0.05) is 5.54 Å². The van der Waals surface area contributed by atoms with Gasteiger partial charge in [0.05, 0.1) is 13.2 Å². The largest absolute Gasteiger partial charge is 0.494 e. The van der Waals surface area contributed by atoms with Crippen LogP contribution in [0.1, 0.15) is 56.9 Å². The number of unbranched alkanes of at least 4 members (excludes halogenated alkanes) is 2. The summed E-state index contributed by atoms with van der Waals surface area (Å²) in [5, 5.41) is 11.9. The second-order valence-electron chi connectivity index (χ2n) is 7.28. The summed E-state index contributed by atoms with van der Waals surface area (Å²) in [5.74, 6) is 1.41. The SMILES string of the molecule is CCCCCOc1ccc2cc([C@@H]3CC[C@](N)(CO)C3)ccc2c1. The molecule has 0 saturated heterocycles. The maximum atomic E-state index is 9.46. The quantitative estimate of drug-likeness (QED) is 0.743. The van der Waals surface area contributed by atoms with Crippen LogP contribution in [0.15, 0.2) is 36.4 Å². The van der Waals surface area contributed by atoms with Crippen LogP contribution in [0.25, 0.3) is 10.8 Å². The second-order valence-corrected chi connectivity index (χ2v) is 7.28. The average molecular weight is 327 g/mol. The van der Waals surface area contributed by atoms with Gasteiger partial charge in [-0.2, -0.15) is 0 Å². The lowest BCUT2D eigenvalue weighted by atomic mass is 9.92. The molecule has 3 rings (SSSR count). The van der Waals surface area contributed by atoms with Crippen LogP contribution in [0.5, 0.6) is 5.75 Å². The minimum atomic E-state index is -0.393. The first kappa shape index (κ1) is 17.2. The molecule has 1 aliphatic rings. The summed E-state index contributed by atoms with van der Waals surface area (Å²) in [5.41, 5.74) is 7.16. The van der Waals surface area contributed by atoms with E-state index in [9.17, 15) is 5.11 Å². The Balaban J connectivity index is 1.71. The molecule has 2 atom stereocenters. The van der Waals surface area contributed by atoms with Crippen molar-refractivity contribution in [2.75, 3.05) is 13.2 Å². The molecule has 130 valence electrons. The standard InChI is InChI=1S/C21H29NO2/c1-2-3-4-11-24-20-8-7-16-12-17(5-6-18(16)13-20)19-9-10-21(22,14-19)15-23/h5-8,12-13,19,23H,2-4,9-11,14-15,22H2,1H3/t19-,21-/m1/s1.